The lowest BCUT2D eigenvalue weighted by molar-refractivity contribution is 0.984. The minimum absolute atomic E-state index is 0.430. The van der Waals surface area contributed by atoms with Gasteiger partial charge in [0.1, 0.15) is 11.6 Å². The first-order chi connectivity index (χ1) is 8.19. The molecular weight excluding hydrogens is 256 g/mol. The molecule has 1 aromatic carbocycles. The van der Waals surface area contributed by atoms with Gasteiger partial charge in [-0.05, 0) is 18.4 Å². The summed E-state index contributed by atoms with van der Waals surface area (Å²) in [6.45, 7) is 0. The Labute approximate surface area is 109 Å². The van der Waals surface area contributed by atoms with Crippen LogP contribution in [-0.2, 0) is 0 Å². The molecule has 3 N–H and O–H groups in total. The third-order valence-corrected chi connectivity index (χ3v) is 2.92. The highest BCUT2D eigenvalue weighted by molar-refractivity contribution is 7.98. The third kappa shape index (κ3) is 3.01. The molecule has 0 amide bonds. The number of halogens is 1. The highest BCUT2D eigenvalue weighted by Crippen LogP contribution is 2.25. The molecule has 0 aliphatic carbocycles. The van der Waals surface area contributed by atoms with Crippen LogP contribution < -0.4 is 11.1 Å². The number of benzene rings is 1. The van der Waals surface area contributed by atoms with Crippen LogP contribution in [-0.4, -0.2) is 16.2 Å². The largest absolute Gasteiger partial charge is 0.383 e. The third-order valence-electron chi connectivity index (χ3n) is 2.04. The molecule has 4 nitrogen and oxygen atoms in total. The number of nitrogens with zero attached hydrogens (tertiary/aromatic N) is 2. The molecule has 0 saturated heterocycles. The van der Waals surface area contributed by atoms with Crippen LogP contribution in [0.5, 0.6) is 0 Å². The van der Waals surface area contributed by atoms with Crippen molar-refractivity contribution in [2.75, 3.05) is 17.3 Å². The summed E-state index contributed by atoms with van der Waals surface area (Å²) in [6, 6.07) is 9.12. The topological polar surface area (TPSA) is 63.8 Å². The van der Waals surface area contributed by atoms with Crippen molar-refractivity contribution in [3.63, 3.8) is 0 Å². The average Bonchev–Trinajstić information content (AvgIpc) is 2.31. The van der Waals surface area contributed by atoms with E-state index in [9.17, 15) is 0 Å². The van der Waals surface area contributed by atoms with Gasteiger partial charge in [0.15, 0.2) is 5.16 Å². The summed E-state index contributed by atoms with van der Waals surface area (Å²) in [7, 11) is 0. The van der Waals surface area contributed by atoms with E-state index in [0.29, 0.717) is 21.8 Å². The van der Waals surface area contributed by atoms with Crippen molar-refractivity contribution in [2.24, 2.45) is 0 Å². The number of hydrogen-bond donors (Lipinski definition) is 2. The van der Waals surface area contributed by atoms with Crippen LogP contribution in [0.15, 0.2) is 35.5 Å². The molecule has 0 unspecified atom stereocenters. The van der Waals surface area contributed by atoms with Gasteiger partial charge < -0.3 is 11.1 Å². The minimum atomic E-state index is 0.430. The summed E-state index contributed by atoms with van der Waals surface area (Å²) in [6.07, 6.45) is 1.90. The zero-order valence-electron chi connectivity index (χ0n) is 9.14. The summed E-state index contributed by atoms with van der Waals surface area (Å²) < 4.78 is 0. The highest BCUT2D eigenvalue weighted by Gasteiger charge is 2.04. The van der Waals surface area contributed by atoms with Crippen LogP contribution in [0.1, 0.15) is 0 Å². The van der Waals surface area contributed by atoms with E-state index in [1.807, 2.05) is 30.5 Å². The summed E-state index contributed by atoms with van der Waals surface area (Å²) in [5, 5.41) is 4.37. The number of nitrogen functional groups attached to an aromatic ring is 1. The molecule has 88 valence electrons. The lowest BCUT2D eigenvalue weighted by Gasteiger charge is -2.08. The fraction of sp³-hybridized carbons (Fsp3) is 0.0909. The molecule has 17 heavy (non-hydrogen) atoms. The van der Waals surface area contributed by atoms with Gasteiger partial charge in [-0.25, -0.2) is 9.97 Å². The van der Waals surface area contributed by atoms with E-state index in [4.69, 9.17) is 17.3 Å². The monoisotopic (exact) mass is 266 g/mol. The van der Waals surface area contributed by atoms with E-state index in [-0.39, 0.29) is 0 Å². The van der Waals surface area contributed by atoms with Crippen LogP contribution in [0.25, 0.3) is 0 Å². The molecule has 0 atom stereocenters. The number of anilines is 3. The van der Waals surface area contributed by atoms with E-state index in [1.165, 1.54) is 11.8 Å². The highest BCUT2D eigenvalue weighted by atomic mass is 35.5. The van der Waals surface area contributed by atoms with Crippen molar-refractivity contribution >= 4 is 40.7 Å². The molecule has 2 rings (SSSR count). The van der Waals surface area contributed by atoms with E-state index >= 15 is 0 Å². The fourth-order valence-electron chi connectivity index (χ4n) is 1.30. The standard InChI is InChI=1S/C11H11ClN4S/c1-17-11-15-9(13)6-10(16-11)14-8-5-3-2-4-7(8)12/h2-6H,1H3,(H3,13,14,15,16). The summed E-state index contributed by atoms with van der Waals surface area (Å²) in [5.41, 5.74) is 6.48. The van der Waals surface area contributed by atoms with Gasteiger partial charge in [0, 0.05) is 6.07 Å². The molecule has 0 spiro atoms. The number of nitrogens with one attached hydrogen (secondary N) is 1. The van der Waals surface area contributed by atoms with Crippen molar-refractivity contribution in [1.82, 2.24) is 9.97 Å². The number of para-hydroxylation sites is 1. The lowest BCUT2D eigenvalue weighted by atomic mass is 10.3. The predicted octanol–water partition coefficient (Wildman–Crippen LogP) is 3.18. The lowest BCUT2D eigenvalue weighted by Crippen LogP contribution is -2.00. The first kappa shape index (κ1) is 12.0. The van der Waals surface area contributed by atoms with Gasteiger partial charge >= 0.3 is 0 Å². The van der Waals surface area contributed by atoms with Crippen molar-refractivity contribution < 1.29 is 0 Å². The Bertz CT molecular complexity index is 533. The van der Waals surface area contributed by atoms with Crippen LogP contribution in [0.4, 0.5) is 17.3 Å². The fourth-order valence-corrected chi connectivity index (χ4v) is 1.87. The SMILES string of the molecule is CSc1nc(N)cc(Nc2ccccc2Cl)n1. The maximum atomic E-state index is 6.05. The molecule has 0 fully saturated rings. The Kier molecular flexibility index (Phi) is 3.71. The normalized spacial score (nSPS) is 10.2. The number of nitrogens with two attached hydrogens (primary N) is 1. The van der Waals surface area contributed by atoms with E-state index in [0.717, 1.165) is 5.69 Å². The Morgan fingerprint density at radius 2 is 2.06 bits per heavy atom. The second kappa shape index (κ2) is 5.25. The predicted molar refractivity (Wildman–Crippen MR) is 73.0 cm³/mol. The van der Waals surface area contributed by atoms with E-state index in [2.05, 4.69) is 15.3 Å². The van der Waals surface area contributed by atoms with E-state index < -0.39 is 0 Å². The molecule has 0 aliphatic heterocycles. The zero-order valence-corrected chi connectivity index (χ0v) is 10.7. The van der Waals surface area contributed by atoms with Crippen LogP contribution in [0.3, 0.4) is 0 Å². The summed E-state index contributed by atoms with van der Waals surface area (Å²) in [5.74, 6) is 1.06. The molecule has 0 bridgehead atoms. The number of thioether (sulfide) groups is 1. The van der Waals surface area contributed by atoms with Gasteiger partial charge in [0.25, 0.3) is 0 Å². The molecule has 6 heteroatoms. The minimum Gasteiger partial charge on any atom is -0.383 e. The van der Waals surface area contributed by atoms with Gasteiger partial charge in [-0.1, -0.05) is 35.5 Å². The zero-order chi connectivity index (χ0) is 12.3. The Morgan fingerprint density at radius 1 is 1.29 bits per heavy atom. The molecule has 1 heterocycles. The molecule has 1 aromatic heterocycles. The van der Waals surface area contributed by atoms with Gasteiger partial charge in [-0.3, -0.25) is 0 Å². The second-order valence-electron chi connectivity index (χ2n) is 3.27. The maximum absolute atomic E-state index is 6.05. The van der Waals surface area contributed by atoms with Crippen molar-refractivity contribution in [1.29, 1.82) is 0 Å². The molecule has 2 aromatic rings. The quantitative estimate of drug-likeness (QED) is 0.660. The van der Waals surface area contributed by atoms with Gasteiger partial charge in [-0.2, -0.15) is 0 Å². The van der Waals surface area contributed by atoms with Crippen LogP contribution in [0.2, 0.25) is 5.02 Å². The van der Waals surface area contributed by atoms with Gasteiger partial charge in [-0.15, -0.1) is 0 Å². The number of rotatable bonds is 3. The maximum Gasteiger partial charge on any atom is 0.191 e. The Balaban J connectivity index is 2.30. The van der Waals surface area contributed by atoms with Crippen LogP contribution in [0, 0.1) is 0 Å². The van der Waals surface area contributed by atoms with Crippen molar-refractivity contribution in [3.05, 3.63) is 35.4 Å². The first-order valence-electron chi connectivity index (χ1n) is 4.89. The van der Waals surface area contributed by atoms with Crippen LogP contribution >= 0.6 is 23.4 Å². The number of hydrogen-bond acceptors (Lipinski definition) is 5. The first-order valence-corrected chi connectivity index (χ1v) is 6.49. The number of aromatic nitrogens is 2. The summed E-state index contributed by atoms with van der Waals surface area (Å²) >= 11 is 7.48. The molecule has 0 saturated carbocycles. The molecule has 0 radical (unpaired) electrons. The van der Waals surface area contributed by atoms with E-state index in [1.54, 1.807) is 6.07 Å². The Hall–Kier alpha value is -1.46. The average molecular weight is 267 g/mol. The van der Waals surface area contributed by atoms with Gasteiger partial charge in [0.2, 0.25) is 0 Å². The molecular formula is C11H11ClN4S. The van der Waals surface area contributed by atoms with Crippen molar-refractivity contribution in [2.45, 2.75) is 5.16 Å². The van der Waals surface area contributed by atoms with Crippen molar-refractivity contribution in [3.8, 4) is 0 Å². The van der Waals surface area contributed by atoms with Gasteiger partial charge in [0.05, 0.1) is 10.7 Å². The Morgan fingerprint density at radius 3 is 2.76 bits per heavy atom. The molecule has 0 aliphatic rings. The smallest absolute Gasteiger partial charge is 0.191 e. The summed E-state index contributed by atoms with van der Waals surface area (Å²) in [4.78, 5) is 8.36. The second-order valence-corrected chi connectivity index (χ2v) is 4.45.